The first-order chi connectivity index (χ1) is 12.0. The maximum absolute atomic E-state index is 12.2. The summed E-state index contributed by atoms with van der Waals surface area (Å²) in [6, 6.07) is 12.3. The summed E-state index contributed by atoms with van der Waals surface area (Å²) in [6.07, 6.45) is 0.847. The molecule has 1 amide bonds. The third-order valence-electron chi connectivity index (χ3n) is 3.55. The number of hydrogen-bond donors (Lipinski definition) is 1. The number of para-hydroxylation sites is 1. The molecule has 0 atom stereocenters. The van der Waals surface area contributed by atoms with Gasteiger partial charge in [-0.2, -0.15) is 0 Å². The second-order valence-corrected chi connectivity index (χ2v) is 5.68. The highest BCUT2D eigenvalue weighted by Crippen LogP contribution is 2.22. The van der Waals surface area contributed by atoms with Crippen LogP contribution in [0.4, 0.5) is 5.69 Å². The SMILES string of the molecule is CCOc1ccccc1CCC(=O)Nc1ccc(Cl)c(C(=O)OC)c1. The summed E-state index contributed by atoms with van der Waals surface area (Å²) in [7, 11) is 1.28. The minimum absolute atomic E-state index is 0.163. The number of carbonyl (C=O) groups is 2. The van der Waals surface area contributed by atoms with Gasteiger partial charge < -0.3 is 14.8 Å². The third-order valence-corrected chi connectivity index (χ3v) is 3.88. The number of benzene rings is 2. The highest BCUT2D eigenvalue weighted by Gasteiger charge is 2.13. The van der Waals surface area contributed by atoms with Crippen molar-refractivity contribution in [3.05, 3.63) is 58.6 Å². The average Bonchev–Trinajstić information content (AvgIpc) is 2.62. The Morgan fingerprint density at radius 1 is 1.16 bits per heavy atom. The number of rotatable bonds is 7. The van der Waals surface area contributed by atoms with Gasteiger partial charge in [0.1, 0.15) is 5.75 Å². The van der Waals surface area contributed by atoms with Gasteiger partial charge in [0.25, 0.3) is 0 Å². The van der Waals surface area contributed by atoms with Crippen LogP contribution in [0.1, 0.15) is 29.3 Å². The van der Waals surface area contributed by atoms with Gasteiger partial charge in [-0.3, -0.25) is 4.79 Å². The number of nitrogens with one attached hydrogen (secondary N) is 1. The molecule has 0 saturated carbocycles. The number of esters is 1. The molecule has 2 aromatic carbocycles. The number of ether oxygens (including phenoxy) is 2. The summed E-state index contributed by atoms with van der Waals surface area (Å²) in [6.45, 7) is 2.49. The van der Waals surface area contributed by atoms with E-state index in [1.807, 2.05) is 31.2 Å². The van der Waals surface area contributed by atoms with E-state index in [-0.39, 0.29) is 16.5 Å². The molecule has 0 radical (unpaired) electrons. The van der Waals surface area contributed by atoms with Crippen molar-refractivity contribution in [2.45, 2.75) is 19.8 Å². The maximum Gasteiger partial charge on any atom is 0.339 e. The highest BCUT2D eigenvalue weighted by molar-refractivity contribution is 6.33. The number of hydrogen-bond acceptors (Lipinski definition) is 4. The lowest BCUT2D eigenvalue weighted by molar-refractivity contribution is -0.116. The molecular weight excluding hydrogens is 342 g/mol. The van der Waals surface area contributed by atoms with Gasteiger partial charge in [-0.25, -0.2) is 4.79 Å². The maximum atomic E-state index is 12.2. The van der Waals surface area contributed by atoms with Crippen LogP contribution in [0.15, 0.2) is 42.5 Å². The molecule has 0 spiro atoms. The lowest BCUT2D eigenvalue weighted by Gasteiger charge is -2.11. The minimum Gasteiger partial charge on any atom is -0.494 e. The zero-order chi connectivity index (χ0) is 18.2. The molecular formula is C19H20ClNO4. The Labute approximate surface area is 151 Å². The summed E-state index contributed by atoms with van der Waals surface area (Å²) >= 11 is 5.97. The topological polar surface area (TPSA) is 64.6 Å². The van der Waals surface area contributed by atoms with Crippen molar-refractivity contribution in [2.24, 2.45) is 0 Å². The summed E-state index contributed by atoms with van der Waals surface area (Å²) in [5.74, 6) is 0.0773. The molecule has 0 unspecified atom stereocenters. The summed E-state index contributed by atoms with van der Waals surface area (Å²) in [5.41, 5.74) is 1.68. The average molecular weight is 362 g/mol. The Kier molecular flexibility index (Phi) is 6.83. The van der Waals surface area contributed by atoms with Crippen LogP contribution in [0.5, 0.6) is 5.75 Å². The predicted octanol–water partition coefficient (Wildman–Crippen LogP) is 4.10. The number of aryl methyl sites for hydroxylation is 1. The summed E-state index contributed by atoms with van der Waals surface area (Å²) in [5, 5.41) is 3.04. The number of anilines is 1. The van der Waals surface area contributed by atoms with E-state index in [0.717, 1.165) is 11.3 Å². The van der Waals surface area contributed by atoms with Crippen LogP contribution in [0.3, 0.4) is 0 Å². The molecule has 132 valence electrons. The molecule has 5 nitrogen and oxygen atoms in total. The fourth-order valence-electron chi connectivity index (χ4n) is 2.35. The molecule has 0 aromatic heterocycles. The van der Waals surface area contributed by atoms with E-state index in [2.05, 4.69) is 10.1 Å². The largest absolute Gasteiger partial charge is 0.494 e. The van der Waals surface area contributed by atoms with Crippen molar-refractivity contribution in [1.29, 1.82) is 0 Å². The standard InChI is InChI=1S/C19H20ClNO4/c1-3-25-17-7-5-4-6-13(17)8-11-18(22)21-14-9-10-16(20)15(12-14)19(23)24-2/h4-7,9-10,12H,3,8,11H2,1-2H3,(H,21,22). The fourth-order valence-corrected chi connectivity index (χ4v) is 2.54. The fraction of sp³-hybridized carbons (Fsp3) is 0.263. The van der Waals surface area contributed by atoms with Gasteiger partial charge in [0.15, 0.2) is 0 Å². The van der Waals surface area contributed by atoms with E-state index in [9.17, 15) is 9.59 Å². The van der Waals surface area contributed by atoms with E-state index in [4.69, 9.17) is 16.3 Å². The quantitative estimate of drug-likeness (QED) is 0.754. The zero-order valence-corrected chi connectivity index (χ0v) is 14.9. The minimum atomic E-state index is -0.549. The van der Waals surface area contributed by atoms with Crippen LogP contribution in [-0.2, 0) is 16.0 Å². The molecule has 2 rings (SSSR count). The van der Waals surface area contributed by atoms with Gasteiger partial charge in [0.2, 0.25) is 5.91 Å². The highest BCUT2D eigenvalue weighted by atomic mass is 35.5. The molecule has 0 aliphatic carbocycles. The molecule has 0 bridgehead atoms. The molecule has 6 heteroatoms. The second-order valence-electron chi connectivity index (χ2n) is 5.28. The van der Waals surface area contributed by atoms with E-state index >= 15 is 0 Å². The van der Waals surface area contributed by atoms with Crippen LogP contribution < -0.4 is 10.1 Å². The van der Waals surface area contributed by atoms with Gasteiger partial charge >= 0.3 is 5.97 Å². The van der Waals surface area contributed by atoms with Crippen LogP contribution >= 0.6 is 11.6 Å². The van der Waals surface area contributed by atoms with Gasteiger partial charge in [-0.1, -0.05) is 29.8 Å². The molecule has 1 N–H and O–H groups in total. The van der Waals surface area contributed by atoms with Crippen molar-refractivity contribution in [1.82, 2.24) is 0 Å². The van der Waals surface area contributed by atoms with Crippen molar-refractivity contribution in [3.8, 4) is 5.75 Å². The van der Waals surface area contributed by atoms with Crippen molar-refractivity contribution in [2.75, 3.05) is 19.0 Å². The van der Waals surface area contributed by atoms with Crippen LogP contribution in [0, 0.1) is 0 Å². The molecule has 0 aliphatic heterocycles. The summed E-state index contributed by atoms with van der Waals surface area (Å²) in [4.78, 5) is 23.8. The van der Waals surface area contributed by atoms with E-state index in [0.29, 0.717) is 25.1 Å². The molecule has 0 aliphatic rings. The Hall–Kier alpha value is -2.53. The molecule has 0 fully saturated rings. The van der Waals surface area contributed by atoms with Gasteiger partial charge in [-0.15, -0.1) is 0 Å². The second kappa shape index (κ2) is 9.08. The smallest absolute Gasteiger partial charge is 0.339 e. The van der Waals surface area contributed by atoms with Crippen molar-refractivity contribution >= 4 is 29.2 Å². The van der Waals surface area contributed by atoms with Gasteiger partial charge in [-0.05, 0) is 43.2 Å². The zero-order valence-electron chi connectivity index (χ0n) is 14.2. The first kappa shape index (κ1) is 18.8. The van der Waals surface area contributed by atoms with E-state index in [1.165, 1.54) is 13.2 Å². The number of halogens is 1. The van der Waals surface area contributed by atoms with Gasteiger partial charge in [0, 0.05) is 12.1 Å². The lowest BCUT2D eigenvalue weighted by Crippen LogP contribution is -2.13. The number of amides is 1. The predicted molar refractivity (Wildman–Crippen MR) is 97.4 cm³/mol. The van der Waals surface area contributed by atoms with Crippen LogP contribution in [0.25, 0.3) is 0 Å². The monoisotopic (exact) mass is 361 g/mol. The Morgan fingerprint density at radius 3 is 2.64 bits per heavy atom. The Morgan fingerprint density at radius 2 is 1.92 bits per heavy atom. The van der Waals surface area contributed by atoms with Crippen molar-refractivity contribution < 1.29 is 19.1 Å². The first-order valence-electron chi connectivity index (χ1n) is 7.93. The van der Waals surface area contributed by atoms with E-state index < -0.39 is 5.97 Å². The Balaban J connectivity index is 2.00. The summed E-state index contributed by atoms with van der Waals surface area (Å²) < 4.78 is 10.2. The molecule has 2 aromatic rings. The molecule has 0 heterocycles. The van der Waals surface area contributed by atoms with Crippen LogP contribution in [-0.4, -0.2) is 25.6 Å². The normalized spacial score (nSPS) is 10.2. The number of methoxy groups -OCH3 is 1. The van der Waals surface area contributed by atoms with Crippen LogP contribution in [0.2, 0.25) is 5.02 Å². The van der Waals surface area contributed by atoms with Gasteiger partial charge in [0.05, 0.1) is 24.3 Å². The first-order valence-corrected chi connectivity index (χ1v) is 8.31. The molecule has 0 saturated heterocycles. The third kappa shape index (κ3) is 5.22. The Bertz CT molecular complexity index is 761. The number of carbonyl (C=O) groups excluding carboxylic acids is 2. The molecule has 25 heavy (non-hydrogen) atoms. The van der Waals surface area contributed by atoms with Crippen molar-refractivity contribution in [3.63, 3.8) is 0 Å². The van der Waals surface area contributed by atoms with E-state index in [1.54, 1.807) is 12.1 Å². The lowest BCUT2D eigenvalue weighted by atomic mass is 10.1.